The van der Waals surface area contributed by atoms with Gasteiger partial charge in [-0.3, -0.25) is 0 Å². The lowest BCUT2D eigenvalue weighted by molar-refractivity contribution is 0.543. The van der Waals surface area contributed by atoms with E-state index in [1.807, 2.05) is 17.8 Å². The SMILES string of the molecule is CCC(CSC)Nc1cc(Br)nc(C(C)(C)C)n1. The van der Waals surface area contributed by atoms with E-state index in [2.05, 4.69) is 65.2 Å². The van der Waals surface area contributed by atoms with Gasteiger partial charge in [0.05, 0.1) is 0 Å². The van der Waals surface area contributed by atoms with Gasteiger partial charge in [0.1, 0.15) is 16.2 Å². The summed E-state index contributed by atoms with van der Waals surface area (Å²) in [5.74, 6) is 2.85. The molecule has 3 nitrogen and oxygen atoms in total. The minimum absolute atomic E-state index is 0.0403. The van der Waals surface area contributed by atoms with E-state index >= 15 is 0 Å². The van der Waals surface area contributed by atoms with Crippen LogP contribution in [0.2, 0.25) is 0 Å². The summed E-state index contributed by atoms with van der Waals surface area (Å²) in [4.78, 5) is 9.06. The Morgan fingerprint density at radius 2 is 2.06 bits per heavy atom. The predicted octanol–water partition coefficient (Wildman–Crippen LogP) is 4.09. The van der Waals surface area contributed by atoms with Crippen LogP contribution in [0.1, 0.15) is 39.9 Å². The number of hydrogen-bond acceptors (Lipinski definition) is 4. The molecule has 0 fully saturated rings. The fourth-order valence-corrected chi connectivity index (χ4v) is 2.61. The van der Waals surface area contributed by atoms with Crippen molar-refractivity contribution >= 4 is 33.5 Å². The molecule has 0 aliphatic heterocycles. The summed E-state index contributed by atoms with van der Waals surface area (Å²) in [5.41, 5.74) is -0.0403. The molecule has 1 N–H and O–H groups in total. The molecule has 1 rings (SSSR count). The second-order valence-corrected chi connectivity index (χ2v) is 7.08. The summed E-state index contributed by atoms with van der Waals surface area (Å²) in [5, 5.41) is 3.48. The first-order valence-electron chi connectivity index (χ1n) is 6.17. The van der Waals surface area contributed by atoms with Gasteiger partial charge in [-0.2, -0.15) is 11.8 Å². The third-order valence-corrected chi connectivity index (χ3v) is 3.72. The van der Waals surface area contributed by atoms with Gasteiger partial charge in [0.15, 0.2) is 0 Å². The van der Waals surface area contributed by atoms with Crippen molar-refractivity contribution in [3.63, 3.8) is 0 Å². The lowest BCUT2D eigenvalue weighted by Crippen LogP contribution is -2.24. The van der Waals surface area contributed by atoms with Crippen molar-refractivity contribution in [2.45, 2.75) is 45.6 Å². The molecule has 18 heavy (non-hydrogen) atoms. The first-order valence-corrected chi connectivity index (χ1v) is 8.36. The van der Waals surface area contributed by atoms with Crippen molar-refractivity contribution in [3.05, 3.63) is 16.5 Å². The average Bonchev–Trinajstić information content (AvgIpc) is 2.26. The number of nitrogens with one attached hydrogen (secondary N) is 1. The quantitative estimate of drug-likeness (QED) is 0.824. The molecular formula is C13H22BrN3S. The van der Waals surface area contributed by atoms with Crippen LogP contribution in [-0.4, -0.2) is 28.0 Å². The maximum absolute atomic E-state index is 4.61. The van der Waals surface area contributed by atoms with E-state index in [4.69, 9.17) is 0 Å². The highest BCUT2D eigenvalue weighted by Gasteiger charge is 2.19. The van der Waals surface area contributed by atoms with Crippen LogP contribution in [0.4, 0.5) is 5.82 Å². The normalized spacial score (nSPS) is 13.4. The second kappa shape index (κ2) is 6.75. The molecular weight excluding hydrogens is 310 g/mol. The maximum Gasteiger partial charge on any atom is 0.137 e. The van der Waals surface area contributed by atoms with Crippen molar-refractivity contribution < 1.29 is 0 Å². The largest absolute Gasteiger partial charge is 0.366 e. The lowest BCUT2D eigenvalue weighted by atomic mass is 9.96. The van der Waals surface area contributed by atoms with Gasteiger partial charge >= 0.3 is 0 Å². The molecule has 0 spiro atoms. The number of aromatic nitrogens is 2. The van der Waals surface area contributed by atoms with E-state index in [9.17, 15) is 0 Å². The molecule has 0 saturated heterocycles. The van der Waals surface area contributed by atoms with E-state index in [1.54, 1.807) is 0 Å². The van der Waals surface area contributed by atoms with E-state index in [0.29, 0.717) is 6.04 Å². The standard InChI is InChI=1S/C13H22BrN3S/c1-6-9(8-18-5)15-11-7-10(14)16-12(17-11)13(2,3)4/h7,9H,6,8H2,1-5H3,(H,15,16,17). The molecule has 0 radical (unpaired) electrons. The van der Waals surface area contributed by atoms with Gasteiger partial charge in [0.25, 0.3) is 0 Å². The van der Waals surface area contributed by atoms with E-state index in [-0.39, 0.29) is 5.41 Å². The Bertz CT molecular complexity index is 390. The van der Waals surface area contributed by atoms with Crippen LogP contribution in [0.25, 0.3) is 0 Å². The summed E-state index contributed by atoms with van der Waals surface area (Å²) < 4.78 is 0.837. The van der Waals surface area contributed by atoms with E-state index in [1.165, 1.54) is 0 Å². The second-order valence-electron chi connectivity index (χ2n) is 5.35. The van der Waals surface area contributed by atoms with Crippen LogP contribution < -0.4 is 5.32 Å². The summed E-state index contributed by atoms with van der Waals surface area (Å²) >= 11 is 5.31. The molecule has 0 saturated carbocycles. The fraction of sp³-hybridized carbons (Fsp3) is 0.692. The summed E-state index contributed by atoms with van der Waals surface area (Å²) in [6, 6.07) is 2.40. The Kier molecular flexibility index (Phi) is 5.92. The Labute approximate surface area is 123 Å². The molecule has 1 unspecified atom stereocenters. The number of anilines is 1. The molecule has 1 aromatic heterocycles. The smallest absolute Gasteiger partial charge is 0.137 e. The minimum Gasteiger partial charge on any atom is -0.366 e. The zero-order valence-electron chi connectivity index (χ0n) is 11.7. The van der Waals surface area contributed by atoms with Crippen molar-refractivity contribution in [2.24, 2.45) is 0 Å². The zero-order chi connectivity index (χ0) is 13.8. The number of thioether (sulfide) groups is 1. The van der Waals surface area contributed by atoms with Crippen molar-refractivity contribution in [3.8, 4) is 0 Å². The highest BCUT2D eigenvalue weighted by atomic mass is 79.9. The predicted molar refractivity (Wildman–Crippen MR) is 84.5 cm³/mol. The molecule has 5 heteroatoms. The molecule has 0 amide bonds. The van der Waals surface area contributed by atoms with Crippen molar-refractivity contribution in [2.75, 3.05) is 17.3 Å². The molecule has 102 valence electrons. The lowest BCUT2D eigenvalue weighted by Gasteiger charge is -2.20. The third-order valence-electron chi connectivity index (χ3n) is 2.58. The van der Waals surface area contributed by atoms with E-state index in [0.717, 1.165) is 28.4 Å². The van der Waals surface area contributed by atoms with Crippen LogP contribution in [0.3, 0.4) is 0 Å². The van der Waals surface area contributed by atoms with Crippen molar-refractivity contribution in [1.82, 2.24) is 9.97 Å². The minimum atomic E-state index is -0.0403. The first-order chi connectivity index (χ1) is 8.36. The van der Waals surface area contributed by atoms with Gasteiger partial charge in [-0.15, -0.1) is 0 Å². The third kappa shape index (κ3) is 4.76. The van der Waals surface area contributed by atoms with E-state index < -0.39 is 0 Å². The Morgan fingerprint density at radius 1 is 1.39 bits per heavy atom. The number of halogens is 1. The molecule has 1 atom stereocenters. The van der Waals surface area contributed by atoms with Crippen LogP contribution in [0.15, 0.2) is 10.7 Å². The van der Waals surface area contributed by atoms with Crippen LogP contribution in [0.5, 0.6) is 0 Å². The summed E-state index contributed by atoms with van der Waals surface area (Å²) in [7, 11) is 0. The van der Waals surface area contributed by atoms with Crippen molar-refractivity contribution in [1.29, 1.82) is 0 Å². The van der Waals surface area contributed by atoms with Gasteiger partial charge in [-0.1, -0.05) is 27.7 Å². The van der Waals surface area contributed by atoms with Crippen LogP contribution in [0, 0.1) is 0 Å². The topological polar surface area (TPSA) is 37.8 Å². The monoisotopic (exact) mass is 331 g/mol. The number of nitrogens with zero attached hydrogens (tertiary/aromatic N) is 2. The molecule has 1 aromatic rings. The molecule has 0 aliphatic carbocycles. The van der Waals surface area contributed by atoms with Gasteiger partial charge in [0.2, 0.25) is 0 Å². The Balaban J connectivity index is 2.92. The first kappa shape index (κ1) is 15.8. The van der Waals surface area contributed by atoms with Crippen LogP contribution >= 0.6 is 27.7 Å². The number of hydrogen-bond donors (Lipinski definition) is 1. The summed E-state index contributed by atoms with van der Waals surface area (Å²) in [6.07, 6.45) is 3.22. The zero-order valence-corrected chi connectivity index (χ0v) is 14.2. The fourth-order valence-electron chi connectivity index (χ4n) is 1.50. The Morgan fingerprint density at radius 3 is 2.56 bits per heavy atom. The van der Waals surface area contributed by atoms with Gasteiger partial charge in [0, 0.05) is 23.3 Å². The van der Waals surface area contributed by atoms with Gasteiger partial charge < -0.3 is 5.32 Å². The highest BCUT2D eigenvalue weighted by Crippen LogP contribution is 2.23. The maximum atomic E-state index is 4.61. The van der Waals surface area contributed by atoms with Gasteiger partial charge in [-0.05, 0) is 28.6 Å². The molecule has 1 heterocycles. The molecule has 0 aromatic carbocycles. The molecule has 0 bridgehead atoms. The average molecular weight is 332 g/mol. The molecule has 0 aliphatic rings. The summed E-state index contributed by atoms with van der Waals surface area (Å²) in [6.45, 7) is 8.56. The Hall–Kier alpha value is -0.290. The number of rotatable bonds is 5. The highest BCUT2D eigenvalue weighted by molar-refractivity contribution is 9.10. The van der Waals surface area contributed by atoms with Gasteiger partial charge in [-0.25, -0.2) is 9.97 Å². The van der Waals surface area contributed by atoms with Crippen LogP contribution in [-0.2, 0) is 5.41 Å².